The van der Waals surface area contributed by atoms with E-state index in [9.17, 15) is 19.5 Å². The number of hydrogen-bond acceptors (Lipinski definition) is 6. The number of rotatable bonds is 8. The third-order valence-corrected chi connectivity index (χ3v) is 9.12. The van der Waals surface area contributed by atoms with E-state index in [0.717, 1.165) is 12.0 Å². The molecule has 174 valence electrons. The molecule has 8 heteroatoms. The third kappa shape index (κ3) is 3.61. The molecule has 0 radical (unpaired) electrons. The van der Waals surface area contributed by atoms with E-state index < -0.39 is 28.7 Å². The summed E-state index contributed by atoms with van der Waals surface area (Å²) in [5.74, 6) is -1.94. The molecule has 0 aliphatic carbocycles. The van der Waals surface area contributed by atoms with Crippen molar-refractivity contribution < 1.29 is 24.2 Å². The molecular weight excluding hydrogens is 428 g/mol. The van der Waals surface area contributed by atoms with Crippen LogP contribution in [0, 0.1) is 17.8 Å². The van der Waals surface area contributed by atoms with E-state index in [1.807, 2.05) is 44.2 Å². The SMILES string of the molecule is CCOC(=O)[C@@H]1[C@@H]2CCC3(S2)C(C(=O)NCc2ccccc2)N([C@@H](CO)C(C)C)C(=O)[C@H]13. The lowest BCUT2D eigenvalue weighted by Gasteiger charge is -2.38. The number of benzene rings is 1. The predicted octanol–water partition coefficient (Wildman–Crippen LogP) is 1.97. The number of amides is 2. The maximum atomic E-state index is 13.8. The van der Waals surface area contributed by atoms with Crippen LogP contribution in [0.25, 0.3) is 0 Å². The Hall–Kier alpha value is -2.06. The summed E-state index contributed by atoms with van der Waals surface area (Å²) in [6.07, 6.45) is 1.48. The van der Waals surface area contributed by atoms with Gasteiger partial charge in [-0.3, -0.25) is 14.4 Å². The van der Waals surface area contributed by atoms with Gasteiger partial charge in [-0.15, -0.1) is 11.8 Å². The molecule has 1 aromatic carbocycles. The minimum absolute atomic E-state index is 0.0128. The number of carbonyl (C=O) groups is 3. The van der Waals surface area contributed by atoms with Gasteiger partial charge in [-0.1, -0.05) is 44.2 Å². The Labute approximate surface area is 193 Å². The lowest BCUT2D eigenvalue weighted by molar-refractivity contribution is -0.154. The molecule has 7 nitrogen and oxygen atoms in total. The molecule has 0 aromatic heterocycles. The average Bonchev–Trinajstić information content (AvgIpc) is 3.41. The molecule has 1 spiro atoms. The predicted molar refractivity (Wildman–Crippen MR) is 122 cm³/mol. The van der Waals surface area contributed by atoms with Crippen LogP contribution in [0.4, 0.5) is 0 Å². The highest BCUT2D eigenvalue weighted by Crippen LogP contribution is 2.66. The molecule has 3 heterocycles. The van der Waals surface area contributed by atoms with E-state index in [1.165, 1.54) is 0 Å². The summed E-state index contributed by atoms with van der Waals surface area (Å²) < 4.78 is 4.66. The fraction of sp³-hybridized carbons (Fsp3) is 0.625. The molecule has 2 amide bonds. The highest BCUT2D eigenvalue weighted by Gasteiger charge is 2.74. The van der Waals surface area contributed by atoms with Crippen LogP contribution in [-0.2, 0) is 25.7 Å². The number of hydrogen-bond donors (Lipinski definition) is 2. The van der Waals surface area contributed by atoms with Gasteiger partial charge in [0.15, 0.2) is 0 Å². The van der Waals surface area contributed by atoms with E-state index in [1.54, 1.807) is 23.6 Å². The number of nitrogens with one attached hydrogen (secondary N) is 1. The number of thioether (sulfide) groups is 1. The van der Waals surface area contributed by atoms with Crippen molar-refractivity contribution in [3.63, 3.8) is 0 Å². The van der Waals surface area contributed by atoms with Crippen LogP contribution in [0.2, 0.25) is 0 Å². The molecular formula is C24H32N2O5S. The second-order valence-electron chi connectivity index (χ2n) is 9.25. The van der Waals surface area contributed by atoms with Crippen molar-refractivity contribution in [1.82, 2.24) is 10.2 Å². The first kappa shape index (κ1) is 23.1. The highest BCUT2D eigenvalue weighted by atomic mass is 32.2. The van der Waals surface area contributed by atoms with E-state index >= 15 is 0 Å². The van der Waals surface area contributed by atoms with Crippen LogP contribution in [0.5, 0.6) is 0 Å². The molecule has 3 aliphatic heterocycles. The molecule has 3 saturated heterocycles. The van der Waals surface area contributed by atoms with Gasteiger partial charge >= 0.3 is 5.97 Å². The first-order chi connectivity index (χ1) is 15.4. The summed E-state index contributed by atoms with van der Waals surface area (Å²) in [6, 6.07) is 8.42. The molecule has 2 unspecified atom stereocenters. The van der Waals surface area contributed by atoms with Crippen molar-refractivity contribution >= 4 is 29.5 Å². The van der Waals surface area contributed by atoms with Crippen molar-refractivity contribution in [2.45, 2.75) is 62.2 Å². The third-order valence-electron chi connectivity index (χ3n) is 7.17. The van der Waals surface area contributed by atoms with Gasteiger partial charge in [0.1, 0.15) is 6.04 Å². The fourth-order valence-electron chi connectivity index (χ4n) is 5.76. The molecule has 0 saturated carbocycles. The molecule has 32 heavy (non-hydrogen) atoms. The van der Waals surface area contributed by atoms with Crippen LogP contribution in [0.1, 0.15) is 39.2 Å². The van der Waals surface area contributed by atoms with Crippen molar-refractivity contribution in [2.24, 2.45) is 17.8 Å². The Morgan fingerprint density at radius 3 is 2.66 bits per heavy atom. The second-order valence-corrected chi connectivity index (χ2v) is 10.9. The second kappa shape index (κ2) is 9.06. The lowest BCUT2D eigenvalue weighted by atomic mass is 9.71. The Balaban J connectivity index is 1.69. The number of likely N-dealkylation sites (tertiary alicyclic amines) is 1. The van der Waals surface area contributed by atoms with Crippen LogP contribution < -0.4 is 5.32 Å². The number of aliphatic hydroxyl groups excluding tert-OH is 1. The monoisotopic (exact) mass is 460 g/mol. The number of esters is 1. The maximum absolute atomic E-state index is 13.8. The normalized spacial score (nSPS) is 31.7. The number of carbonyl (C=O) groups excluding carboxylic acids is 3. The summed E-state index contributed by atoms with van der Waals surface area (Å²) in [7, 11) is 0. The Morgan fingerprint density at radius 1 is 1.31 bits per heavy atom. The van der Waals surface area contributed by atoms with E-state index in [0.29, 0.717) is 13.0 Å². The highest BCUT2D eigenvalue weighted by molar-refractivity contribution is 8.02. The topological polar surface area (TPSA) is 95.9 Å². The number of nitrogens with zero attached hydrogens (tertiary/aromatic N) is 1. The average molecular weight is 461 g/mol. The van der Waals surface area contributed by atoms with Crippen molar-refractivity contribution in [1.29, 1.82) is 0 Å². The summed E-state index contributed by atoms with van der Waals surface area (Å²) >= 11 is 1.61. The molecule has 3 fully saturated rings. The number of fused-ring (bicyclic) bond motifs is 1. The first-order valence-electron chi connectivity index (χ1n) is 11.4. The molecule has 2 N–H and O–H groups in total. The van der Waals surface area contributed by atoms with Crippen LogP contribution in [0.3, 0.4) is 0 Å². The van der Waals surface area contributed by atoms with Crippen molar-refractivity contribution in [3.8, 4) is 0 Å². The standard InChI is InChI=1S/C24H32N2O5S/c1-4-31-23(30)18-17-10-11-24(32-17)19(18)22(29)26(16(13-27)14(2)3)20(24)21(28)25-12-15-8-6-5-7-9-15/h5-9,14,16-20,27H,4,10-13H2,1-3H3,(H,25,28)/t16-,17-,18+,19-,20?,24?/m0/s1. The van der Waals surface area contributed by atoms with Crippen LogP contribution >= 0.6 is 11.8 Å². The van der Waals surface area contributed by atoms with Gasteiger partial charge in [-0.2, -0.15) is 0 Å². The van der Waals surface area contributed by atoms with Gasteiger partial charge in [0, 0.05) is 11.8 Å². The molecule has 1 aromatic rings. The zero-order valence-corrected chi connectivity index (χ0v) is 19.6. The zero-order valence-electron chi connectivity index (χ0n) is 18.8. The van der Waals surface area contributed by atoms with Crippen molar-refractivity contribution in [2.75, 3.05) is 13.2 Å². The quantitative estimate of drug-likeness (QED) is 0.576. The van der Waals surface area contributed by atoms with E-state index in [-0.39, 0.29) is 42.2 Å². The van der Waals surface area contributed by atoms with Crippen molar-refractivity contribution in [3.05, 3.63) is 35.9 Å². The number of aliphatic hydroxyl groups is 1. The van der Waals surface area contributed by atoms with E-state index in [4.69, 9.17) is 4.74 Å². The fourth-order valence-corrected chi connectivity index (χ4v) is 7.95. The van der Waals surface area contributed by atoms with Gasteiger partial charge < -0.3 is 20.1 Å². The summed E-state index contributed by atoms with van der Waals surface area (Å²) in [5, 5.41) is 13.2. The first-order valence-corrected chi connectivity index (χ1v) is 12.3. The molecule has 2 bridgehead atoms. The van der Waals surface area contributed by atoms with E-state index in [2.05, 4.69) is 5.32 Å². The van der Waals surface area contributed by atoms with Gasteiger partial charge in [0.05, 0.1) is 35.8 Å². The maximum Gasteiger partial charge on any atom is 0.310 e. The smallest absolute Gasteiger partial charge is 0.310 e. The van der Waals surface area contributed by atoms with Gasteiger partial charge in [-0.25, -0.2) is 0 Å². The van der Waals surface area contributed by atoms with Gasteiger partial charge in [0.25, 0.3) is 0 Å². The Morgan fingerprint density at radius 2 is 2.03 bits per heavy atom. The van der Waals surface area contributed by atoms with Crippen LogP contribution in [0.15, 0.2) is 30.3 Å². The summed E-state index contributed by atoms with van der Waals surface area (Å²) in [4.78, 5) is 41.9. The van der Waals surface area contributed by atoms with Crippen LogP contribution in [-0.4, -0.2) is 63.1 Å². The summed E-state index contributed by atoms with van der Waals surface area (Å²) in [6.45, 7) is 6.03. The molecule has 6 atom stereocenters. The number of ether oxygens (including phenoxy) is 1. The van der Waals surface area contributed by atoms with Gasteiger partial charge in [0.2, 0.25) is 11.8 Å². The van der Waals surface area contributed by atoms with Gasteiger partial charge in [-0.05, 0) is 31.2 Å². The minimum Gasteiger partial charge on any atom is -0.466 e. The Kier molecular flexibility index (Phi) is 6.54. The zero-order chi connectivity index (χ0) is 23.0. The largest absolute Gasteiger partial charge is 0.466 e. The Bertz CT molecular complexity index is 878. The summed E-state index contributed by atoms with van der Waals surface area (Å²) in [5.41, 5.74) is 0.973. The molecule has 4 rings (SSSR count). The molecule has 3 aliphatic rings. The minimum atomic E-state index is -0.724. The lowest BCUT2D eigenvalue weighted by Crippen LogP contribution is -2.57.